The first kappa shape index (κ1) is 23.9. The number of amides is 1. The third-order valence-corrected chi connectivity index (χ3v) is 6.64. The second-order valence-corrected chi connectivity index (χ2v) is 9.42. The van der Waals surface area contributed by atoms with Crippen molar-refractivity contribution in [2.24, 2.45) is 0 Å². The van der Waals surface area contributed by atoms with Gasteiger partial charge in [-0.25, -0.2) is 4.98 Å². The average molecular weight is 494 g/mol. The summed E-state index contributed by atoms with van der Waals surface area (Å²) in [6.45, 7) is 3.82. The molecular weight excluding hydrogens is 470 g/mol. The van der Waals surface area contributed by atoms with Crippen molar-refractivity contribution in [2.75, 3.05) is 7.11 Å². The molecule has 4 rings (SSSR count). The van der Waals surface area contributed by atoms with Gasteiger partial charge < -0.3 is 10.1 Å². The van der Waals surface area contributed by atoms with Crippen molar-refractivity contribution >= 4 is 40.2 Å². The van der Waals surface area contributed by atoms with Gasteiger partial charge in [-0.3, -0.25) is 14.2 Å². The van der Waals surface area contributed by atoms with Crippen LogP contribution in [0, 0.1) is 0 Å². The molecule has 6 nitrogen and oxygen atoms in total. The van der Waals surface area contributed by atoms with Crippen molar-refractivity contribution < 1.29 is 9.53 Å². The summed E-state index contributed by atoms with van der Waals surface area (Å²) in [6.07, 6.45) is 0. The van der Waals surface area contributed by atoms with Gasteiger partial charge in [-0.15, -0.1) is 0 Å². The van der Waals surface area contributed by atoms with Crippen LogP contribution in [0.5, 0.6) is 5.75 Å². The summed E-state index contributed by atoms with van der Waals surface area (Å²) in [7, 11) is 1.53. The highest BCUT2D eigenvalue weighted by molar-refractivity contribution is 8.00. The Kier molecular flexibility index (Phi) is 7.24. The Morgan fingerprint density at radius 1 is 1.06 bits per heavy atom. The van der Waals surface area contributed by atoms with Crippen molar-refractivity contribution in [1.29, 1.82) is 0 Å². The quantitative estimate of drug-likeness (QED) is 0.275. The fourth-order valence-electron chi connectivity index (χ4n) is 3.58. The fourth-order valence-corrected chi connectivity index (χ4v) is 4.96. The van der Waals surface area contributed by atoms with Gasteiger partial charge in [0.15, 0.2) is 5.16 Å². The van der Waals surface area contributed by atoms with Crippen LogP contribution in [0.4, 0.5) is 0 Å². The number of thioether (sulfide) groups is 1. The number of nitrogens with zero attached hydrogens (tertiary/aromatic N) is 2. The van der Waals surface area contributed by atoms with Gasteiger partial charge in [0.1, 0.15) is 11.0 Å². The van der Waals surface area contributed by atoms with Crippen molar-refractivity contribution in [3.63, 3.8) is 0 Å². The lowest BCUT2D eigenvalue weighted by atomic mass is 10.1. The lowest BCUT2D eigenvalue weighted by Gasteiger charge is -2.21. The third-order valence-electron chi connectivity index (χ3n) is 5.13. The Labute approximate surface area is 206 Å². The zero-order valence-electron chi connectivity index (χ0n) is 19.0. The third kappa shape index (κ3) is 4.95. The van der Waals surface area contributed by atoms with Gasteiger partial charge in [-0.05, 0) is 49.7 Å². The number of hydrogen-bond donors (Lipinski definition) is 1. The summed E-state index contributed by atoms with van der Waals surface area (Å²) < 4.78 is 6.76. The Morgan fingerprint density at radius 2 is 1.76 bits per heavy atom. The van der Waals surface area contributed by atoms with E-state index >= 15 is 0 Å². The number of carbonyl (C=O) groups excluding carboxylic acids is 1. The summed E-state index contributed by atoms with van der Waals surface area (Å²) in [5.74, 6) is 0.341. The number of carbonyl (C=O) groups is 1. The van der Waals surface area contributed by atoms with E-state index in [4.69, 9.17) is 21.3 Å². The van der Waals surface area contributed by atoms with Crippen LogP contribution in [-0.4, -0.2) is 28.6 Å². The predicted molar refractivity (Wildman–Crippen MR) is 137 cm³/mol. The largest absolute Gasteiger partial charge is 0.495 e. The number of halogens is 1. The minimum absolute atomic E-state index is 0.0357. The summed E-state index contributed by atoms with van der Waals surface area (Å²) in [5.41, 5.74) is 1.66. The SMILES string of the molecule is COc1ccc(-n2c(SC(C(=O)NC(C)C)c3ccccc3)nc3ccccc3c2=O)cc1Cl. The maximum absolute atomic E-state index is 13.6. The Hall–Kier alpha value is -3.29. The highest BCUT2D eigenvalue weighted by Gasteiger charge is 2.26. The molecule has 3 aromatic carbocycles. The molecule has 0 aliphatic rings. The zero-order chi connectivity index (χ0) is 24.2. The summed E-state index contributed by atoms with van der Waals surface area (Å²) >= 11 is 7.60. The number of benzene rings is 3. The molecule has 0 aliphatic heterocycles. The van der Waals surface area contributed by atoms with Crippen molar-refractivity contribution in [3.05, 3.63) is 93.7 Å². The molecular formula is C26H24ClN3O3S. The molecule has 1 N–H and O–H groups in total. The van der Waals surface area contributed by atoms with E-state index in [2.05, 4.69) is 5.32 Å². The van der Waals surface area contributed by atoms with Crippen LogP contribution in [-0.2, 0) is 4.79 Å². The molecule has 1 aromatic heterocycles. The van der Waals surface area contributed by atoms with Crippen LogP contribution < -0.4 is 15.6 Å². The summed E-state index contributed by atoms with van der Waals surface area (Å²) in [5, 5.41) is 3.60. The van der Waals surface area contributed by atoms with Crippen LogP contribution in [0.1, 0.15) is 24.7 Å². The lowest BCUT2D eigenvalue weighted by Crippen LogP contribution is -2.34. The monoisotopic (exact) mass is 493 g/mol. The smallest absolute Gasteiger partial charge is 0.266 e. The number of methoxy groups -OCH3 is 1. The van der Waals surface area contributed by atoms with Gasteiger partial charge in [-0.2, -0.15) is 0 Å². The standard InChI is InChI=1S/C26H24ClN3O3S/c1-16(2)28-24(31)23(17-9-5-4-6-10-17)34-26-29-21-12-8-7-11-19(21)25(32)30(26)18-13-14-22(33-3)20(27)15-18/h4-16,23H,1-3H3,(H,28,31). The van der Waals surface area contributed by atoms with Crippen molar-refractivity contribution in [2.45, 2.75) is 30.3 Å². The van der Waals surface area contributed by atoms with Gasteiger partial charge in [0.2, 0.25) is 5.91 Å². The molecule has 0 fully saturated rings. The van der Waals surface area contributed by atoms with Gasteiger partial charge >= 0.3 is 0 Å². The normalized spacial score (nSPS) is 12.0. The van der Waals surface area contributed by atoms with E-state index in [1.54, 1.807) is 36.4 Å². The first-order chi connectivity index (χ1) is 16.4. The van der Waals surface area contributed by atoms with E-state index in [1.807, 2.05) is 50.2 Å². The topological polar surface area (TPSA) is 73.2 Å². The summed E-state index contributed by atoms with van der Waals surface area (Å²) in [6, 6.07) is 21.7. The molecule has 8 heteroatoms. The molecule has 0 saturated heterocycles. The van der Waals surface area contributed by atoms with Crippen molar-refractivity contribution in [3.8, 4) is 11.4 Å². The molecule has 1 unspecified atom stereocenters. The second-order valence-electron chi connectivity index (χ2n) is 7.94. The Morgan fingerprint density at radius 3 is 2.44 bits per heavy atom. The minimum Gasteiger partial charge on any atom is -0.495 e. The molecule has 0 radical (unpaired) electrons. The molecule has 1 heterocycles. The number of ether oxygens (including phenoxy) is 1. The van der Waals surface area contributed by atoms with Gasteiger partial charge in [0, 0.05) is 6.04 Å². The average Bonchev–Trinajstić information content (AvgIpc) is 2.82. The van der Waals surface area contributed by atoms with Crippen LogP contribution in [0.15, 0.2) is 82.7 Å². The van der Waals surface area contributed by atoms with Crippen LogP contribution in [0.25, 0.3) is 16.6 Å². The zero-order valence-corrected chi connectivity index (χ0v) is 20.6. The molecule has 0 bridgehead atoms. The van der Waals surface area contributed by atoms with E-state index in [1.165, 1.54) is 23.4 Å². The Bertz CT molecular complexity index is 1390. The molecule has 1 amide bonds. The van der Waals surface area contributed by atoms with Crippen LogP contribution >= 0.6 is 23.4 Å². The van der Waals surface area contributed by atoms with Gasteiger partial charge in [-0.1, -0.05) is 65.8 Å². The maximum Gasteiger partial charge on any atom is 0.266 e. The van der Waals surface area contributed by atoms with E-state index in [0.717, 1.165) is 5.56 Å². The molecule has 1 atom stereocenters. The highest BCUT2D eigenvalue weighted by atomic mass is 35.5. The van der Waals surface area contributed by atoms with E-state index < -0.39 is 5.25 Å². The molecule has 0 saturated carbocycles. The first-order valence-corrected chi connectivity index (χ1v) is 12.0. The van der Waals surface area contributed by atoms with E-state index in [0.29, 0.717) is 32.5 Å². The van der Waals surface area contributed by atoms with Crippen LogP contribution in [0.2, 0.25) is 5.02 Å². The van der Waals surface area contributed by atoms with Gasteiger partial charge in [0.05, 0.1) is 28.7 Å². The summed E-state index contributed by atoms with van der Waals surface area (Å²) in [4.78, 5) is 31.6. The van der Waals surface area contributed by atoms with Gasteiger partial charge in [0.25, 0.3) is 5.56 Å². The fraction of sp³-hybridized carbons (Fsp3) is 0.192. The van der Waals surface area contributed by atoms with Crippen LogP contribution in [0.3, 0.4) is 0 Å². The van der Waals surface area contributed by atoms with E-state index in [-0.39, 0.29) is 17.5 Å². The lowest BCUT2D eigenvalue weighted by molar-refractivity contribution is -0.121. The highest BCUT2D eigenvalue weighted by Crippen LogP contribution is 2.36. The Balaban J connectivity index is 1.91. The second kappa shape index (κ2) is 10.3. The predicted octanol–water partition coefficient (Wildman–Crippen LogP) is 5.41. The maximum atomic E-state index is 13.6. The minimum atomic E-state index is -0.614. The molecule has 34 heavy (non-hydrogen) atoms. The number of aromatic nitrogens is 2. The molecule has 174 valence electrons. The first-order valence-electron chi connectivity index (χ1n) is 10.8. The number of hydrogen-bond acceptors (Lipinski definition) is 5. The molecule has 4 aromatic rings. The van der Waals surface area contributed by atoms with Crippen molar-refractivity contribution in [1.82, 2.24) is 14.9 Å². The molecule has 0 aliphatic carbocycles. The number of para-hydroxylation sites is 1. The molecule has 0 spiro atoms. The number of fused-ring (bicyclic) bond motifs is 1. The number of rotatable bonds is 7. The number of nitrogens with one attached hydrogen (secondary N) is 1. The van der Waals surface area contributed by atoms with E-state index in [9.17, 15) is 9.59 Å².